The van der Waals surface area contributed by atoms with Crippen molar-refractivity contribution in [3.8, 4) is 0 Å². The second kappa shape index (κ2) is 6.79. The Morgan fingerprint density at radius 3 is 2.40 bits per heavy atom. The van der Waals surface area contributed by atoms with Crippen molar-refractivity contribution >= 4 is 0 Å². The summed E-state index contributed by atoms with van der Waals surface area (Å²) in [4.78, 5) is 2.83. The number of rotatable bonds is 4. The molecule has 0 bridgehead atoms. The number of likely N-dealkylation sites (tertiary alicyclic amines) is 1. The first-order valence-electron chi connectivity index (χ1n) is 8.91. The maximum Gasteiger partial charge on any atom is 0.0274 e. The molecule has 2 aliphatic rings. The Bertz CT molecular complexity index is 290. The Kier molecular flexibility index (Phi) is 5.53. The third-order valence-corrected chi connectivity index (χ3v) is 5.53. The molecular weight excluding hydrogens is 244 g/mol. The molecule has 20 heavy (non-hydrogen) atoms. The second-order valence-electron chi connectivity index (χ2n) is 8.28. The molecule has 2 heteroatoms. The molecule has 1 saturated carbocycles. The van der Waals surface area contributed by atoms with Crippen molar-refractivity contribution in [2.45, 2.75) is 78.8 Å². The van der Waals surface area contributed by atoms with Crippen LogP contribution in [0.4, 0.5) is 0 Å². The Hall–Kier alpha value is -0.0800. The number of hydrogen-bond acceptors (Lipinski definition) is 2. The number of nitrogens with one attached hydrogen (secondary N) is 1. The van der Waals surface area contributed by atoms with Crippen LogP contribution in [0.3, 0.4) is 0 Å². The van der Waals surface area contributed by atoms with Gasteiger partial charge in [0.1, 0.15) is 0 Å². The van der Waals surface area contributed by atoms with E-state index in [9.17, 15) is 0 Å². The summed E-state index contributed by atoms with van der Waals surface area (Å²) >= 11 is 0. The van der Waals surface area contributed by atoms with Crippen LogP contribution in [-0.2, 0) is 0 Å². The number of hydrogen-bond donors (Lipinski definition) is 1. The van der Waals surface area contributed by atoms with Crippen molar-refractivity contribution in [3.05, 3.63) is 0 Å². The number of piperidine rings is 1. The van der Waals surface area contributed by atoms with Crippen LogP contribution in [-0.4, -0.2) is 36.6 Å². The van der Waals surface area contributed by atoms with E-state index in [0.29, 0.717) is 11.5 Å². The highest BCUT2D eigenvalue weighted by Crippen LogP contribution is 2.39. The Morgan fingerprint density at radius 1 is 1.15 bits per heavy atom. The summed E-state index contributed by atoms with van der Waals surface area (Å²) in [6.07, 6.45) is 6.83. The van der Waals surface area contributed by atoms with Crippen LogP contribution in [0, 0.1) is 17.3 Å². The molecule has 1 saturated heterocycles. The van der Waals surface area contributed by atoms with Crippen molar-refractivity contribution < 1.29 is 0 Å². The van der Waals surface area contributed by atoms with Crippen LogP contribution < -0.4 is 5.32 Å². The van der Waals surface area contributed by atoms with Gasteiger partial charge in [0.25, 0.3) is 0 Å². The normalized spacial score (nSPS) is 38.9. The van der Waals surface area contributed by atoms with Gasteiger partial charge in [-0.1, -0.05) is 41.0 Å². The Labute approximate surface area is 126 Å². The molecule has 4 atom stereocenters. The molecule has 2 fully saturated rings. The third kappa shape index (κ3) is 3.76. The molecule has 118 valence electrons. The smallest absolute Gasteiger partial charge is 0.0274 e. The van der Waals surface area contributed by atoms with Gasteiger partial charge in [0.2, 0.25) is 0 Å². The minimum Gasteiger partial charge on any atom is -0.312 e. The summed E-state index contributed by atoms with van der Waals surface area (Å²) in [6, 6.07) is 1.43. The van der Waals surface area contributed by atoms with Gasteiger partial charge < -0.3 is 5.32 Å². The lowest BCUT2D eigenvalue weighted by atomic mass is 9.69. The zero-order chi connectivity index (χ0) is 14.8. The number of nitrogens with zero attached hydrogens (tertiary/aromatic N) is 1. The van der Waals surface area contributed by atoms with Gasteiger partial charge in [-0.15, -0.1) is 0 Å². The summed E-state index contributed by atoms with van der Waals surface area (Å²) in [5.41, 5.74) is 0.446. The topological polar surface area (TPSA) is 15.3 Å². The molecular formula is C18H36N2. The van der Waals surface area contributed by atoms with E-state index in [1.807, 2.05) is 0 Å². The second-order valence-corrected chi connectivity index (χ2v) is 8.28. The molecule has 2 nitrogen and oxygen atoms in total. The average molecular weight is 280 g/mol. The van der Waals surface area contributed by atoms with Gasteiger partial charge in [-0.2, -0.15) is 0 Å². The highest BCUT2D eigenvalue weighted by molar-refractivity contribution is 4.99. The first-order chi connectivity index (χ1) is 9.44. The fraction of sp³-hybridized carbons (Fsp3) is 1.00. The van der Waals surface area contributed by atoms with Crippen molar-refractivity contribution in [2.75, 3.05) is 19.6 Å². The van der Waals surface area contributed by atoms with Crippen molar-refractivity contribution in [1.29, 1.82) is 0 Å². The lowest BCUT2D eigenvalue weighted by Crippen LogP contribution is -2.61. The van der Waals surface area contributed by atoms with Crippen molar-refractivity contribution in [2.24, 2.45) is 17.3 Å². The van der Waals surface area contributed by atoms with Crippen LogP contribution in [0.2, 0.25) is 0 Å². The highest BCUT2D eigenvalue weighted by Gasteiger charge is 2.42. The molecule has 0 aromatic rings. The first-order valence-corrected chi connectivity index (χ1v) is 8.91. The minimum absolute atomic E-state index is 0.446. The summed E-state index contributed by atoms with van der Waals surface area (Å²) < 4.78 is 0. The van der Waals surface area contributed by atoms with Gasteiger partial charge in [-0.3, -0.25) is 4.90 Å². The lowest BCUT2D eigenvalue weighted by molar-refractivity contribution is 0.0126. The van der Waals surface area contributed by atoms with E-state index in [2.05, 4.69) is 44.8 Å². The van der Waals surface area contributed by atoms with Crippen LogP contribution >= 0.6 is 0 Å². The Balaban J connectivity index is 2.09. The Morgan fingerprint density at radius 2 is 1.80 bits per heavy atom. The maximum absolute atomic E-state index is 3.90. The van der Waals surface area contributed by atoms with Gasteiger partial charge in [0.05, 0.1) is 0 Å². The van der Waals surface area contributed by atoms with E-state index in [-0.39, 0.29) is 0 Å². The molecule has 0 radical (unpaired) electrons. The maximum atomic E-state index is 3.90. The molecule has 0 aromatic heterocycles. The van der Waals surface area contributed by atoms with Crippen molar-refractivity contribution in [3.63, 3.8) is 0 Å². The summed E-state index contributed by atoms with van der Waals surface area (Å²) in [5, 5.41) is 3.90. The molecule has 1 N–H and O–H groups in total. The minimum atomic E-state index is 0.446. The zero-order valence-corrected chi connectivity index (χ0v) is 14.4. The summed E-state index contributed by atoms with van der Waals surface area (Å²) in [7, 11) is 0. The summed E-state index contributed by atoms with van der Waals surface area (Å²) in [5.74, 6) is 1.74. The molecule has 0 aromatic carbocycles. The molecule has 1 aliphatic carbocycles. The van der Waals surface area contributed by atoms with E-state index in [0.717, 1.165) is 17.9 Å². The molecule has 1 aliphatic heterocycles. The van der Waals surface area contributed by atoms with Crippen molar-refractivity contribution in [1.82, 2.24) is 10.2 Å². The monoisotopic (exact) mass is 280 g/mol. The van der Waals surface area contributed by atoms with Gasteiger partial charge in [-0.25, -0.2) is 0 Å². The van der Waals surface area contributed by atoms with E-state index in [4.69, 9.17) is 0 Å². The van der Waals surface area contributed by atoms with E-state index < -0.39 is 0 Å². The SMILES string of the molecule is CCCNC1C(N2CC(C)CC(C)C2)CCCC1(C)C. The van der Waals surface area contributed by atoms with Crippen LogP contribution in [0.15, 0.2) is 0 Å². The van der Waals surface area contributed by atoms with E-state index in [1.54, 1.807) is 0 Å². The lowest BCUT2D eigenvalue weighted by Gasteiger charge is -2.51. The van der Waals surface area contributed by atoms with Crippen LogP contribution in [0.1, 0.15) is 66.7 Å². The van der Waals surface area contributed by atoms with Gasteiger partial charge in [0.15, 0.2) is 0 Å². The molecule has 4 unspecified atom stereocenters. The predicted octanol–water partition coefficient (Wildman–Crippen LogP) is 3.91. The van der Waals surface area contributed by atoms with E-state index in [1.165, 1.54) is 51.7 Å². The highest BCUT2D eigenvalue weighted by atomic mass is 15.2. The fourth-order valence-corrected chi connectivity index (χ4v) is 4.70. The van der Waals surface area contributed by atoms with Gasteiger partial charge in [-0.05, 0) is 49.5 Å². The quantitative estimate of drug-likeness (QED) is 0.840. The standard InChI is InChI=1S/C18H36N2/c1-6-10-19-17-16(8-7-9-18(17,4)5)20-12-14(2)11-15(3)13-20/h14-17,19H,6-13H2,1-5H3. The molecule has 0 amide bonds. The van der Waals surface area contributed by atoms with Gasteiger partial charge >= 0.3 is 0 Å². The predicted molar refractivity (Wildman–Crippen MR) is 88.0 cm³/mol. The third-order valence-electron chi connectivity index (χ3n) is 5.53. The largest absolute Gasteiger partial charge is 0.312 e. The molecule has 1 heterocycles. The average Bonchev–Trinajstić information content (AvgIpc) is 2.35. The molecule has 0 spiro atoms. The summed E-state index contributed by atoms with van der Waals surface area (Å²) in [6.45, 7) is 15.9. The fourth-order valence-electron chi connectivity index (χ4n) is 4.70. The van der Waals surface area contributed by atoms with E-state index >= 15 is 0 Å². The first kappa shape index (κ1) is 16.3. The molecule has 2 rings (SSSR count). The van der Waals surface area contributed by atoms with Gasteiger partial charge in [0, 0.05) is 25.2 Å². The zero-order valence-electron chi connectivity index (χ0n) is 14.4. The van der Waals surface area contributed by atoms with Crippen LogP contribution in [0.25, 0.3) is 0 Å². The van der Waals surface area contributed by atoms with Crippen LogP contribution in [0.5, 0.6) is 0 Å².